The molecular formula is C9H8O5S. The zero-order valence-corrected chi connectivity index (χ0v) is 8.36. The van der Waals surface area contributed by atoms with Gasteiger partial charge in [0.15, 0.2) is 0 Å². The van der Waals surface area contributed by atoms with E-state index < -0.39 is 21.0 Å². The first-order valence-corrected chi connectivity index (χ1v) is 5.27. The van der Waals surface area contributed by atoms with Crippen molar-refractivity contribution < 1.29 is 22.9 Å². The van der Waals surface area contributed by atoms with E-state index in [1.807, 2.05) is 0 Å². The summed E-state index contributed by atoms with van der Waals surface area (Å²) < 4.78 is 30.6. The Morgan fingerprint density at radius 1 is 1.40 bits per heavy atom. The average molecular weight is 228 g/mol. The van der Waals surface area contributed by atoms with Gasteiger partial charge in [-0.2, -0.15) is 8.42 Å². The molecule has 0 aliphatic carbocycles. The van der Waals surface area contributed by atoms with E-state index in [0.29, 0.717) is 0 Å². The minimum atomic E-state index is -4.44. The van der Waals surface area contributed by atoms with Crippen molar-refractivity contribution in [1.82, 2.24) is 0 Å². The average Bonchev–Trinajstić information content (AvgIpc) is 2.15. The number of aromatic carboxylic acids is 1. The Balaban J connectivity index is 3.52. The number of hydrogen-bond acceptors (Lipinski definition) is 3. The van der Waals surface area contributed by atoms with Crippen molar-refractivity contribution in [3.63, 3.8) is 0 Å². The maximum absolute atomic E-state index is 10.9. The highest BCUT2D eigenvalue weighted by Crippen LogP contribution is 2.18. The third kappa shape index (κ3) is 2.42. The molecule has 0 saturated carbocycles. The van der Waals surface area contributed by atoms with Crippen LogP contribution in [0.3, 0.4) is 0 Å². The van der Waals surface area contributed by atoms with Gasteiger partial charge >= 0.3 is 5.97 Å². The SMILES string of the molecule is C=Cc1ccc(C(=O)O)cc1S(=O)(=O)O. The number of hydrogen-bond donors (Lipinski definition) is 2. The molecular weight excluding hydrogens is 220 g/mol. The second kappa shape index (κ2) is 3.84. The molecule has 0 aliphatic heterocycles. The van der Waals surface area contributed by atoms with Gasteiger partial charge in [0.25, 0.3) is 10.1 Å². The van der Waals surface area contributed by atoms with Gasteiger partial charge in [0.2, 0.25) is 0 Å². The van der Waals surface area contributed by atoms with Crippen molar-refractivity contribution in [2.45, 2.75) is 4.90 Å². The largest absolute Gasteiger partial charge is 0.478 e. The lowest BCUT2D eigenvalue weighted by molar-refractivity contribution is 0.0696. The fraction of sp³-hybridized carbons (Fsp3) is 0. The first-order chi connectivity index (χ1) is 6.86. The molecule has 1 aromatic rings. The monoisotopic (exact) mass is 228 g/mol. The number of carboxylic acids is 1. The minimum Gasteiger partial charge on any atom is -0.478 e. The van der Waals surface area contributed by atoms with Crippen LogP contribution in [0.5, 0.6) is 0 Å². The maximum Gasteiger partial charge on any atom is 0.335 e. The van der Waals surface area contributed by atoms with Gasteiger partial charge in [0.1, 0.15) is 4.90 Å². The lowest BCUT2D eigenvalue weighted by atomic mass is 10.1. The van der Waals surface area contributed by atoms with Gasteiger partial charge in [-0.05, 0) is 17.7 Å². The van der Waals surface area contributed by atoms with Crippen molar-refractivity contribution in [1.29, 1.82) is 0 Å². The topological polar surface area (TPSA) is 91.7 Å². The Hall–Kier alpha value is -1.66. The van der Waals surface area contributed by atoms with Gasteiger partial charge in [-0.25, -0.2) is 4.79 Å². The molecule has 0 bridgehead atoms. The van der Waals surface area contributed by atoms with Gasteiger partial charge < -0.3 is 5.11 Å². The van der Waals surface area contributed by atoms with Gasteiger partial charge in [-0.3, -0.25) is 4.55 Å². The molecule has 0 saturated heterocycles. The van der Waals surface area contributed by atoms with E-state index in [-0.39, 0.29) is 11.1 Å². The first-order valence-electron chi connectivity index (χ1n) is 3.83. The zero-order chi connectivity index (χ0) is 11.6. The third-order valence-corrected chi connectivity index (χ3v) is 2.67. The number of benzene rings is 1. The summed E-state index contributed by atoms with van der Waals surface area (Å²) in [7, 11) is -4.44. The summed E-state index contributed by atoms with van der Waals surface area (Å²) >= 11 is 0. The van der Waals surface area contributed by atoms with Crippen LogP contribution in [0.2, 0.25) is 0 Å². The van der Waals surface area contributed by atoms with Crippen LogP contribution < -0.4 is 0 Å². The maximum atomic E-state index is 10.9. The predicted octanol–water partition coefficient (Wildman–Crippen LogP) is 1.27. The Bertz CT molecular complexity index is 515. The lowest BCUT2D eigenvalue weighted by Gasteiger charge is -2.03. The molecule has 0 aliphatic rings. The molecule has 15 heavy (non-hydrogen) atoms. The quantitative estimate of drug-likeness (QED) is 0.760. The molecule has 0 fully saturated rings. The van der Waals surface area contributed by atoms with Crippen molar-refractivity contribution in [2.24, 2.45) is 0 Å². The van der Waals surface area contributed by atoms with E-state index in [0.717, 1.165) is 6.07 Å². The van der Waals surface area contributed by atoms with Crippen molar-refractivity contribution >= 4 is 22.2 Å². The Morgan fingerprint density at radius 2 is 2.00 bits per heavy atom. The summed E-state index contributed by atoms with van der Waals surface area (Å²) in [6.45, 7) is 3.36. The van der Waals surface area contributed by atoms with Crippen LogP contribution in [0.4, 0.5) is 0 Å². The highest BCUT2D eigenvalue weighted by Gasteiger charge is 2.16. The van der Waals surface area contributed by atoms with E-state index in [9.17, 15) is 13.2 Å². The van der Waals surface area contributed by atoms with Gasteiger partial charge in [-0.1, -0.05) is 18.7 Å². The lowest BCUT2D eigenvalue weighted by Crippen LogP contribution is -2.04. The second-order valence-electron chi connectivity index (χ2n) is 2.74. The second-order valence-corrected chi connectivity index (χ2v) is 4.13. The number of rotatable bonds is 3. The predicted molar refractivity (Wildman–Crippen MR) is 53.3 cm³/mol. The van der Waals surface area contributed by atoms with Gasteiger partial charge in [0.05, 0.1) is 5.56 Å². The van der Waals surface area contributed by atoms with E-state index in [4.69, 9.17) is 9.66 Å². The highest BCUT2D eigenvalue weighted by molar-refractivity contribution is 7.85. The smallest absolute Gasteiger partial charge is 0.335 e. The van der Waals surface area contributed by atoms with Crippen molar-refractivity contribution in [3.8, 4) is 0 Å². The number of carboxylic acid groups (broad SMARTS) is 1. The standard InChI is InChI=1S/C9H8O5S/c1-2-6-3-4-7(9(10)11)5-8(6)15(12,13)14/h2-5H,1H2,(H,10,11)(H,12,13,14). The van der Waals surface area contributed by atoms with Gasteiger partial charge in [-0.15, -0.1) is 0 Å². The molecule has 0 aromatic heterocycles. The summed E-state index contributed by atoms with van der Waals surface area (Å²) in [5.41, 5.74) is -0.0595. The summed E-state index contributed by atoms with van der Waals surface area (Å²) in [5.74, 6) is -1.27. The Morgan fingerprint density at radius 3 is 2.40 bits per heavy atom. The molecule has 80 valence electrons. The van der Waals surface area contributed by atoms with Crippen molar-refractivity contribution in [3.05, 3.63) is 35.9 Å². The van der Waals surface area contributed by atoms with Gasteiger partial charge in [0, 0.05) is 0 Å². The van der Waals surface area contributed by atoms with Crippen LogP contribution in [0, 0.1) is 0 Å². The highest BCUT2D eigenvalue weighted by atomic mass is 32.2. The van der Waals surface area contributed by atoms with Crippen LogP contribution in [-0.2, 0) is 10.1 Å². The number of carbonyl (C=O) groups is 1. The Labute approximate surface area is 86.4 Å². The van der Waals surface area contributed by atoms with Crippen LogP contribution in [0.25, 0.3) is 6.08 Å². The Kier molecular flexibility index (Phi) is 2.92. The zero-order valence-electron chi connectivity index (χ0n) is 7.54. The molecule has 1 aromatic carbocycles. The van der Waals surface area contributed by atoms with Crippen LogP contribution in [-0.4, -0.2) is 24.0 Å². The molecule has 0 atom stereocenters. The molecule has 1 rings (SSSR count). The fourth-order valence-corrected chi connectivity index (χ4v) is 1.78. The molecule has 0 radical (unpaired) electrons. The van der Waals surface area contributed by atoms with Crippen molar-refractivity contribution in [2.75, 3.05) is 0 Å². The summed E-state index contributed by atoms with van der Waals surface area (Å²) in [4.78, 5) is 10.1. The fourth-order valence-electron chi connectivity index (χ4n) is 1.06. The molecule has 0 spiro atoms. The van der Waals surface area contributed by atoms with Crippen LogP contribution in [0.15, 0.2) is 29.7 Å². The van der Waals surface area contributed by atoms with E-state index in [1.165, 1.54) is 18.2 Å². The normalized spacial score (nSPS) is 11.0. The molecule has 0 amide bonds. The molecule has 6 heteroatoms. The summed E-state index contributed by atoms with van der Waals surface area (Å²) in [5, 5.41) is 8.64. The third-order valence-electron chi connectivity index (χ3n) is 1.76. The molecule has 0 unspecified atom stereocenters. The summed E-state index contributed by atoms with van der Waals surface area (Å²) in [6.07, 6.45) is 1.22. The van der Waals surface area contributed by atoms with Crippen LogP contribution >= 0.6 is 0 Å². The molecule has 5 nitrogen and oxygen atoms in total. The molecule has 0 heterocycles. The van der Waals surface area contributed by atoms with Crippen LogP contribution in [0.1, 0.15) is 15.9 Å². The van der Waals surface area contributed by atoms with E-state index in [1.54, 1.807) is 0 Å². The first kappa shape index (κ1) is 11.4. The summed E-state index contributed by atoms with van der Waals surface area (Å²) in [6, 6.07) is 3.38. The molecule has 2 N–H and O–H groups in total. The van der Waals surface area contributed by atoms with E-state index in [2.05, 4.69) is 6.58 Å². The van der Waals surface area contributed by atoms with E-state index >= 15 is 0 Å². The minimum absolute atomic E-state index is 0.155.